The summed E-state index contributed by atoms with van der Waals surface area (Å²) in [5.74, 6) is -1.05. The Balaban J connectivity index is 1.78. The van der Waals surface area contributed by atoms with Crippen LogP contribution in [-0.4, -0.2) is 45.6 Å². The predicted molar refractivity (Wildman–Crippen MR) is 92.6 cm³/mol. The Kier molecular flexibility index (Phi) is 4.65. The van der Waals surface area contributed by atoms with Gasteiger partial charge < -0.3 is 9.80 Å². The highest BCUT2D eigenvalue weighted by atomic mass is 35.5. The van der Waals surface area contributed by atoms with Gasteiger partial charge in [0.1, 0.15) is 10.4 Å². The highest BCUT2D eigenvalue weighted by molar-refractivity contribution is 6.62. The molecule has 1 aromatic rings. The molecule has 26 heavy (non-hydrogen) atoms. The third-order valence-corrected chi connectivity index (χ3v) is 6.43. The van der Waals surface area contributed by atoms with Crippen molar-refractivity contribution in [1.29, 1.82) is 0 Å². The summed E-state index contributed by atoms with van der Waals surface area (Å²) in [6.45, 7) is 0.185. The lowest BCUT2D eigenvalue weighted by atomic mass is 10.2. The summed E-state index contributed by atoms with van der Waals surface area (Å²) < 4.78 is 37.2. The molecule has 2 fully saturated rings. The number of hydrogen-bond acceptors (Lipinski definition) is 2. The summed E-state index contributed by atoms with van der Waals surface area (Å²) in [4.78, 5) is 26.1. The summed E-state index contributed by atoms with van der Waals surface area (Å²) in [7, 11) is 1.41. The lowest BCUT2D eigenvalue weighted by Crippen LogP contribution is -2.47. The second-order valence-electron chi connectivity index (χ2n) is 6.44. The monoisotopic (exact) mass is 428 g/mol. The molecule has 1 heterocycles. The summed E-state index contributed by atoms with van der Waals surface area (Å²) in [6.07, 6.45) is -4.18. The Hall–Kier alpha value is -1.18. The zero-order chi connectivity index (χ0) is 19.5. The number of halogens is 6. The number of rotatable bonds is 3. The van der Waals surface area contributed by atoms with Crippen LogP contribution in [0.1, 0.15) is 18.4 Å². The van der Waals surface area contributed by atoms with E-state index in [4.69, 9.17) is 34.8 Å². The average molecular weight is 430 g/mol. The molecule has 0 spiro atoms. The molecule has 3 rings (SSSR count). The minimum atomic E-state index is -4.51. The van der Waals surface area contributed by atoms with E-state index in [1.165, 1.54) is 29.0 Å². The van der Waals surface area contributed by atoms with Gasteiger partial charge in [-0.2, -0.15) is 13.2 Å². The number of benzene rings is 1. The van der Waals surface area contributed by atoms with E-state index in [-0.39, 0.29) is 25.1 Å². The van der Waals surface area contributed by atoms with Gasteiger partial charge >= 0.3 is 6.18 Å². The zero-order valence-electron chi connectivity index (χ0n) is 13.5. The Morgan fingerprint density at radius 3 is 2.46 bits per heavy atom. The number of nitrogens with zero attached hydrogens (tertiary/aromatic N) is 2. The summed E-state index contributed by atoms with van der Waals surface area (Å²) >= 11 is 17.9. The van der Waals surface area contributed by atoms with E-state index < -0.39 is 38.8 Å². The lowest BCUT2D eigenvalue weighted by Gasteiger charge is -2.26. The molecular formula is C16H14Cl3F3N2O2. The van der Waals surface area contributed by atoms with Crippen molar-refractivity contribution in [2.45, 2.75) is 34.3 Å². The molecule has 4 nitrogen and oxygen atoms in total. The molecule has 0 bridgehead atoms. The maximum absolute atomic E-state index is 12.9. The number of hydrogen-bond donors (Lipinski definition) is 0. The summed E-state index contributed by atoms with van der Waals surface area (Å²) in [5.41, 5.74) is -0.716. The van der Waals surface area contributed by atoms with Crippen molar-refractivity contribution < 1.29 is 22.8 Å². The van der Waals surface area contributed by atoms with Crippen LogP contribution < -0.4 is 4.90 Å². The van der Waals surface area contributed by atoms with Gasteiger partial charge in [0.25, 0.3) is 0 Å². The average Bonchev–Trinajstić information content (AvgIpc) is 2.88. The molecule has 2 atom stereocenters. The molecular weight excluding hydrogens is 416 g/mol. The van der Waals surface area contributed by atoms with Crippen LogP contribution in [0.2, 0.25) is 0 Å². The maximum Gasteiger partial charge on any atom is 0.416 e. The Bertz CT molecular complexity index is 771. The van der Waals surface area contributed by atoms with E-state index in [1.54, 1.807) is 0 Å². The number of carbonyl (C=O) groups excluding carboxylic acids is 2. The van der Waals surface area contributed by atoms with Gasteiger partial charge in [-0.05, 0) is 24.6 Å². The Labute approximate surface area is 162 Å². The van der Waals surface area contributed by atoms with Crippen molar-refractivity contribution in [2.75, 3.05) is 18.5 Å². The molecule has 0 N–H and O–H groups in total. The predicted octanol–water partition coefficient (Wildman–Crippen LogP) is 3.82. The van der Waals surface area contributed by atoms with Crippen LogP contribution in [-0.2, 0) is 15.8 Å². The van der Waals surface area contributed by atoms with E-state index in [0.717, 1.165) is 12.1 Å². The van der Waals surface area contributed by atoms with Gasteiger partial charge in [0, 0.05) is 25.7 Å². The number of amides is 2. The van der Waals surface area contributed by atoms with Crippen molar-refractivity contribution in [2.24, 2.45) is 0 Å². The fourth-order valence-electron chi connectivity index (χ4n) is 3.05. The topological polar surface area (TPSA) is 40.6 Å². The second kappa shape index (κ2) is 6.17. The maximum atomic E-state index is 12.9. The van der Waals surface area contributed by atoms with E-state index in [2.05, 4.69) is 0 Å². The molecule has 0 aromatic heterocycles. The molecule has 2 aliphatic rings. The third-order valence-electron chi connectivity index (χ3n) is 4.71. The first-order valence-electron chi connectivity index (χ1n) is 7.71. The van der Waals surface area contributed by atoms with Gasteiger partial charge in [0.15, 0.2) is 4.87 Å². The van der Waals surface area contributed by atoms with E-state index in [0.29, 0.717) is 0 Å². The highest BCUT2D eigenvalue weighted by Crippen LogP contribution is 2.62. The van der Waals surface area contributed by atoms with Gasteiger partial charge in [0.05, 0.1) is 5.56 Å². The van der Waals surface area contributed by atoms with Crippen LogP contribution in [0.3, 0.4) is 0 Å². The van der Waals surface area contributed by atoms with Crippen molar-refractivity contribution >= 4 is 52.3 Å². The standard InChI is InChI=1S/C16H14Cl3F3N2O2/c1-23(13(26)14(17)8-15(14,18)19)11-5-6-24(12(11)25)10-4-2-3-9(7-10)16(20,21)22/h2-4,7,11H,5-6,8H2,1H3. The largest absolute Gasteiger partial charge is 0.416 e. The van der Waals surface area contributed by atoms with E-state index in [9.17, 15) is 22.8 Å². The number of alkyl halides is 6. The summed E-state index contributed by atoms with van der Waals surface area (Å²) in [6, 6.07) is 3.67. The van der Waals surface area contributed by atoms with Crippen LogP contribution >= 0.6 is 34.8 Å². The molecule has 1 saturated heterocycles. The first-order valence-corrected chi connectivity index (χ1v) is 8.84. The van der Waals surface area contributed by atoms with Gasteiger partial charge in [-0.25, -0.2) is 0 Å². The normalized spacial score (nSPS) is 27.6. The van der Waals surface area contributed by atoms with Gasteiger partial charge in [-0.3, -0.25) is 9.59 Å². The SMILES string of the molecule is CN(C(=O)C1(Cl)CC1(Cl)Cl)C1CCN(c2cccc(C(F)(F)F)c2)C1=O. The van der Waals surface area contributed by atoms with Gasteiger partial charge in [-0.1, -0.05) is 29.3 Å². The molecule has 1 aromatic carbocycles. The minimum absolute atomic E-state index is 0.0616. The zero-order valence-corrected chi connectivity index (χ0v) is 15.8. The van der Waals surface area contributed by atoms with Crippen molar-refractivity contribution in [1.82, 2.24) is 4.90 Å². The third kappa shape index (κ3) is 3.14. The number of anilines is 1. The second-order valence-corrected chi connectivity index (χ2v) is 8.57. The van der Waals surface area contributed by atoms with Crippen molar-refractivity contribution in [3.05, 3.63) is 29.8 Å². The molecule has 2 unspecified atom stereocenters. The van der Waals surface area contributed by atoms with Crippen LogP contribution in [0.15, 0.2) is 24.3 Å². The first-order chi connectivity index (χ1) is 11.9. The molecule has 2 amide bonds. The molecule has 10 heteroatoms. The quantitative estimate of drug-likeness (QED) is 0.685. The van der Waals surface area contributed by atoms with Crippen LogP contribution in [0.4, 0.5) is 18.9 Å². The van der Waals surface area contributed by atoms with Crippen LogP contribution in [0, 0.1) is 0 Å². The van der Waals surface area contributed by atoms with Crippen LogP contribution in [0.5, 0.6) is 0 Å². The smallest absolute Gasteiger partial charge is 0.332 e. The molecule has 0 radical (unpaired) electrons. The minimum Gasteiger partial charge on any atom is -0.332 e. The molecule has 1 aliphatic heterocycles. The van der Waals surface area contributed by atoms with Crippen molar-refractivity contribution in [3.63, 3.8) is 0 Å². The number of likely N-dealkylation sites (N-methyl/N-ethyl adjacent to an activating group) is 1. The van der Waals surface area contributed by atoms with Crippen LogP contribution in [0.25, 0.3) is 0 Å². The fourth-order valence-corrected chi connectivity index (χ4v) is 4.08. The number of carbonyl (C=O) groups is 2. The van der Waals surface area contributed by atoms with Crippen molar-refractivity contribution in [3.8, 4) is 0 Å². The van der Waals surface area contributed by atoms with Gasteiger partial charge in [-0.15, -0.1) is 11.6 Å². The first kappa shape index (κ1) is 19.6. The van der Waals surface area contributed by atoms with E-state index in [1.807, 2.05) is 0 Å². The molecule has 1 saturated carbocycles. The Morgan fingerprint density at radius 2 is 1.92 bits per heavy atom. The van der Waals surface area contributed by atoms with Gasteiger partial charge in [0.2, 0.25) is 11.8 Å². The Morgan fingerprint density at radius 1 is 1.31 bits per heavy atom. The molecule has 142 valence electrons. The molecule has 1 aliphatic carbocycles. The fraction of sp³-hybridized carbons (Fsp3) is 0.500. The summed E-state index contributed by atoms with van der Waals surface area (Å²) in [5, 5.41) is 0. The highest BCUT2D eigenvalue weighted by Gasteiger charge is 2.72. The van der Waals surface area contributed by atoms with E-state index >= 15 is 0 Å². The lowest BCUT2D eigenvalue weighted by molar-refractivity contribution is -0.137.